The van der Waals surface area contributed by atoms with Crippen LogP contribution in [0, 0.1) is 6.92 Å². The number of pyridine rings is 1. The Morgan fingerprint density at radius 2 is 2.04 bits per heavy atom. The van der Waals surface area contributed by atoms with Gasteiger partial charge in [0.2, 0.25) is 5.91 Å². The lowest BCUT2D eigenvalue weighted by Gasteiger charge is -2.41. The number of nitrogens with one attached hydrogen (secondary N) is 1. The highest BCUT2D eigenvalue weighted by Crippen LogP contribution is 2.32. The molecule has 1 saturated heterocycles. The largest absolute Gasteiger partial charge is 0.348 e. The number of rotatable bonds is 4. The molecule has 1 aliphatic heterocycles. The summed E-state index contributed by atoms with van der Waals surface area (Å²) in [5, 5.41) is 3.06. The van der Waals surface area contributed by atoms with Crippen molar-refractivity contribution in [3.05, 3.63) is 65.5 Å². The van der Waals surface area contributed by atoms with Gasteiger partial charge in [0.1, 0.15) is 6.10 Å². The van der Waals surface area contributed by atoms with E-state index in [1.165, 1.54) is 0 Å². The van der Waals surface area contributed by atoms with Crippen LogP contribution in [-0.4, -0.2) is 29.3 Å². The highest BCUT2D eigenvalue weighted by atomic mass is 16.7. The number of nitrogens with zero attached hydrogens (tertiary/aromatic N) is 1. The van der Waals surface area contributed by atoms with Crippen LogP contribution in [0.25, 0.3) is 0 Å². The van der Waals surface area contributed by atoms with Gasteiger partial charge in [-0.1, -0.05) is 30.3 Å². The molecule has 1 fully saturated rings. The summed E-state index contributed by atoms with van der Waals surface area (Å²) in [5.74, 6) is -0.740. The molecule has 0 saturated carbocycles. The van der Waals surface area contributed by atoms with Crippen molar-refractivity contribution in [2.45, 2.75) is 45.1 Å². The Labute approximate surface area is 148 Å². The number of benzene rings is 1. The van der Waals surface area contributed by atoms with Crippen molar-refractivity contribution in [2.75, 3.05) is 6.61 Å². The minimum atomic E-state index is -0.679. The number of amides is 1. The van der Waals surface area contributed by atoms with Crippen molar-refractivity contribution in [2.24, 2.45) is 0 Å². The van der Waals surface area contributed by atoms with Gasteiger partial charge in [0.05, 0.1) is 19.1 Å². The zero-order valence-electron chi connectivity index (χ0n) is 14.9. The Kier molecular flexibility index (Phi) is 5.16. The van der Waals surface area contributed by atoms with Gasteiger partial charge in [0, 0.05) is 12.4 Å². The summed E-state index contributed by atoms with van der Waals surface area (Å²) >= 11 is 0. The summed E-state index contributed by atoms with van der Waals surface area (Å²) in [6.07, 6.45) is 3.51. The first-order valence-corrected chi connectivity index (χ1v) is 8.50. The molecule has 0 spiro atoms. The molecule has 2 aromatic rings. The topological polar surface area (TPSA) is 60.5 Å². The molecule has 0 aliphatic carbocycles. The van der Waals surface area contributed by atoms with Crippen LogP contribution < -0.4 is 5.32 Å². The maximum absolute atomic E-state index is 12.5. The van der Waals surface area contributed by atoms with Crippen molar-refractivity contribution >= 4 is 5.91 Å². The molecule has 1 aliphatic rings. The second kappa shape index (κ2) is 7.33. The van der Waals surface area contributed by atoms with Gasteiger partial charge in [-0.3, -0.25) is 9.78 Å². The van der Waals surface area contributed by atoms with Gasteiger partial charge in [-0.25, -0.2) is 0 Å². The summed E-state index contributed by atoms with van der Waals surface area (Å²) in [5.41, 5.74) is 3.01. The van der Waals surface area contributed by atoms with Gasteiger partial charge >= 0.3 is 0 Å². The summed E-state index contributed by atoms with van der Waals surface area (Å²) in [6.45, 7) is 6.16. The molecule has 1 N–H and O–H groups in total. The molecule has 0 unspecified atom stereocenters. The molecule has 0 bridgehead atoms. The van der Waals surface area contributed by atoms with Crippen LogP contribution in [0.3, 0.4) is 0 Å². The first-order chi connectivity index (χ1) is 11.9. The zero-order valence-corrected chi connectivity index (χ0v) is 14.9. The average molecular weight is 340 g/mol. The van der Waals surface area contributed by atoms with Crippen LogP contribution >= 0.6 is 0 Å². The summed E-state index contributed by atoms with van der Waals surface area (Å²) < 4.78 is 11.9. The lowest BCUT2D eigenvalue weighted by molar-refractivity contribution is -0.284. The molecule has 132 valence electrons. The third-order valence-corrected chi connectivity index (χ3v) is 4.36. The van der Waals surface area contributed by atoms with E-state index in [2.05, 4.69) is 10.3 Å². The van der Waals surface area contributed by atoms with Crippen LogP contribution in [0.15, 0.2) is 48.8 Å². The Bertz CT molecular complexity index is 731. The fourth-order valence-corrected chi connectivity index (χ4v) is 2.97. The second-order valence-corrected chi connectivity index (χ2v) is 6.81. The normalized spacial score (nSPS) is 22.4. The Balaban J connectivity index is 1.73. The van der Waals surface area contributed by atoms with Crippen molar-refractivity contribution < 1.29 is 14.3 Å². The fourth-order valence-electron chi connectivity index (χ4n) is 2.97. The van der Waals surface area contributed by atoms with Crippen molar-refractivity contribution in [1.29, 1.82) is 0 Å². The number of aromatic nitrogens is 1. The van der Waals surface area contributed by atoms with E-state index in [9.17, 15) is 4.79 Å². The molecule has 1 aromatic heterocycles. The number of hydrogen-bond acceptors (Lipinski definition) is 4. The molecule has 2 heterocycles. The molecular formula is C20H24N2O3. The van der Waals surface area contributed by atoms with Crippen molar-refractivity contribution in [1.82, 2.24) is 10.3 Å². The maximum atomic E-state index is 12.5. The van der Waals surface area contributed by atoms with Crippen LogP contribution in [0.2, 0.25) is 0 Å². The first-order valence-electron chi connectivity index (χ1n) is 8.50. The SMILES string of the molecule is Cc1ccncc1CC(=O)N[C@@H]1COC(C)(C)O[C@@H]1c1ccccc1. The highest BCUT2D eigenvalue weighted by Gasteiger charge is 2.38. The van der Waals surface area contributed by atoms with Crippen molar-refractivity contribution in [3.63, 3.8) is 0 Å². The predicted molar refractivity (Wildman–Crippen MR) is 94.9 cm³/mol. The van der Waals surface area contributed by atoms with Gasteiger partial charge in [-0.15, -0.1) is 0 Å². The Hall–Kier alpha value is -2.24. The molecule has 3 rings (SSSR count). The van der Waals surface area contributed by atoms with E-state index in [1.807, 2.05) is 57.2 Å². The predicted octanol–water partition coefficient (Wildman–Crippen LogP) is 2.94. The molecule has 5 heteroatoms. The number of carbonyl (C=O) groups is 1. The third kappa shape index (κ3) is 4.44. The van der Waals surface area contributed by atoms with E-state index in [0.717, 1.165) is 16.7 Å². The lowest BCUT2D eigenvalue weighted by atomic mass is 10.00. The standard InChI is InChI=1S/C20H24N2O3/c1-14-9-10-21-12-16(14)11-18(23)22-17-13-24-20(2,3)25-19(17)15-7-5-4-6-8-15/h4-10,12,17,19H,11,13H2,1-3H3,(H,22,23)/t17-,19-/m1/s1. The van der Waals surface area contributed by atoms with Gasteiger partial charge in [-0.2, -0.15) is 0 Å². The summed E-state index contributed by atoms with van der Waals surface area (Å²) in [4.78, 5) is 16.6. The Morgan fingerprint density at radius 1 is 1.28 bits per heavy atom. The highest BCUT2D eigenvalue weighted by molar-refractivity contribution is 5.79. The van der Waals surface area contributed by atoms with Gasteiger partial charge in [0.25, 0.3) is 0 Å². The van der Waals surface area contributed by atoms with Gasteiger partial charge < -0.3 is 14.8 Å². The molecule has 5 nitrogen and oxygen atoms in total. The smallest absolute Gasteiger partial charge is 0.224 e. The van der Waals surface area contributed by atoms with E-state index < -0.39 is 5.79 Å². The van der Waals surface area contributed by atoms with E-state index in [4.69, 9.17) is 9.47 Å². The fraction of sp³-hybridized carbons (Fsp3) is 0.400. The molecular weight excluding hydrogens is 316 g/mol. The minimum Gasteiger partial charge on any atom is -0.348 e. The first kappa shape index (κ1) is 17.6. The van der Waals surface area contributed by atoms with E-state index in [-0.39, 0.29) is 18.1 Å². The van der Waals surface area contributed by atoms with E-state index >= 15 is 0 Å². The average Bonchev–Trinajstić information content (AvgIpc) is 2.59. The molecule has 1 aromatic carbocycles. The molecule has 1 amide bonds. The molecule has 0 radical (unpaired) electrons. The van der Waals surface area contributed by atoms with Crippen LogP contribution in [-0.2, 0) is 20.7 Å². The molecule has 2 atom stereocenters. The second-order valence-electron chi connectivity index (χ2n) is 6.81. The van der Waals surface area contributed by atoms with Gasteiger partial charge in [-0.05, 0) is 43.5 Å². The maximum Gasteiger partial charge on any atom is 0.224 e. The summed E-state index contributed by atoms with van der Waals surface area (Å²) in [6, 6.07) is 11.6. The monoisotopic (exact) mass is 340 g/mol. The number of ether oxygens (including phenoxy) is 2. The van der Waals surface area contributed by atoms with Crippen LogP contribution in [0.1, 0.15) is 36.6 Å². The minimum absolute atomic E-state index is 0.0612. The van der Waals surface area contributed by atoms with Crippen molar-refractivity contribution in [3.8, 4) is 0 Å². The number of hydrogen-bond donors (Lipinski definition) is 1. The number of aryl methyl sites for hydroxylation is 1. The van der Waals surface area contributed by atoms with Gasteiger partial charge in [0.15, 0.2) is 5.79 Å². The molecule has 25 heavy (non-hydrogen) atoms. The van der Waals surface area contributed by atoms with E-state index in [0.29, 0.717) is 13.0 Å². The quantitative estimate of drug-likeness (QED) is 0.930. The Morgan fingerprint density at radius 3 is 2.76 bits per heavy atom. The van der Waals surface area contributed by atoms with Crippen LogP contribution in [0.4, 0.5) is 0 Å². The van der Waals surface area contributed by atoms with Crippen LogP contribution in [0.5, 0.6) is 0 Å². The lowest BCUT2D eigenvalue weighted by Crippen LogP contribution is -2.52. The summed E-state index contributed by atoms with van der Waals surface area (Å²) in [7, 11) is 0. The number of carbonyl (C=O) groups excluding carboxylic acids is 1. The third-order valence-electron chi connectivity index (χ3n) is 4.36. The zero-order chi connectivity index (χ0) is 17.9. The van der Waals surface area contributed by atoms with E-state index in [1.54, 1.807) is 12.4 Å².